The zero-order valence-electron chi connectivity index (χ0n) is 12.5. The molecule has 20 heavy (non-hydrogen) atoms. The van der Waals surface area contributed by atoms with Crippen LogP contribution in [0.2, 0.25) is 0 Å². The molecule has 1 N–H and O–H groups in total. The monoisotopic (exact) mass is 296 g/mol. The molecular weight excluding hydrogens is 272 g/mol. The van der Waals surface area contributed by atoms with Crippen molar-refractivity contribution >= 4 is 17.4 Å². The Balaban J connectivity index is 2.45. The Morgan fingerprint density at radius 2 is 2.10 bits per heavy atom. The fraction of sp³-hybridized carbons (Fsp3) is 0.600. The number of rotatable bonds is 9. The molecule has 0 fully saturated rings. The van der Waals surface area contributed by atoms with Gasteiger partial charge in [0.2, 0.25) is 0 Å². The maximum atomic E-state index is 10.9. The summed E-state index contributed by atoms with van der Waals surface area (Å²) in [4.78, 5) is 10.6. The molecule has 0 spiro atoms. The van der Waals surface area contributed by atoms with E-state index in [1.54, 1.807) is 13.0 Å². The van der Waals surface area contributed by atoms with E-state index in [1.807, 2.05) is 23.9 Å². The number of nitro benzene ring substituents is 1. The Morgan fingerprint density at radius 1 is 1.35 bits per heavy atom. The number of nitro groups is 1. The quantitative estimate of drug-likeness (QED) is 0.424. The first-order valence-corrected chi connectivity index (χ1v) is 8.43. The van der Waals surface area contributed by atoms with E-state index in [-0.39, 0.29) is 16.7 Å². The standard InChI is InChI=1S/C15H24N2O2S/c1-12-7-8-14(11-15(12)17(18)19)13(2)16-9-5-4-6-10-20-3/h7-8,11,13,16H,4-6,9-10H2,1-3H3. The third-order valence-electron chi connectivity index (χ3n) is 3.41. The van der Waals surface area contributed by atoms with E-state index < -0.39 is 0 Å². The van der Waals surface area contributed by atoms with E-state index in [0.29, 0.717) is 5.56 Å². The van der Waals surface area contributed by atoms with Crippen LogP contribution in [0.25, 0.3) is 0 Å². The molecule has 0 bridgehead atoms. The Labute approximate surface area is 125 Å². The Hall–Kier alpha value is -1.07. The third kappa shape index (κ3) is 5.51. The fourth-order valence-electron chi connectivity index (χ4n) is 2.08. The van der Waals surface area contributed by atoms with Crippen molar-refractivity contribution in [1.82, 2.24) is 5.32 Å². The van der Waals surface area contributed by atoms with Crippen LogP contribution in [0.4, 0.5) is 5.69 Å². The molecule has 0 aliphatic heterocycles. The van der Waals surface area contributed by atoms with Gasteiger partial charge in [0.1, 0.15) is 0 Å². The second kappa shape index (κ2) is 8.97. The predicted octanol–water partition coefficient (Wildman–Crippen LogP) is 4.09. The normalized spacial score (nSPS) is 12.3. The van der Waals surface area contributed by atoms with Gasteiger partial charge in [-0.3, -0.25) is 10.1 Å². The van der Waals surface area contributed by atoms with Crippen LogP contribution >= 0.6 is 11.8 Å². The Kier molecular flexibility index (Phi) is 7.62. The van der Waals surface area contributed by atoms with Crippen molar-refractivity contribution in [2.45, 2.75) is 39.2 Å². The smallest absolute Gasteiger partial charge is 0.272 e. The van der Waals surface area contributed by atoms with Gasteiger partial charge in [0.05, 0.1) is 4.92 Å². The molecule has 1 rings (SSSR count). The average Bonchev–Trinajstić information content (AvgIpc) is 2.42. The van der Waals surface area contributed by atoms with Crippen LogP contribution in [-0.4, -0.2) is 23.5 Å². The molecule has 0 saturated carbocycles. The highest BCUT2D eigenvalue weighted by Gasteiger charge is 2.13. The number of unbranched alkanes of at least 4 members (excludes halogenated alkanes) is 2. The maximum Gasteiger partial charge on any atom is 0.272 e. The summed E-state index contributed by atoms with van der Waals surface area (Å²) < 4.78 is 0. The van der Waals surface area contributed by atoms with Crippen molar-refractivity contribution in [1.29, 1.82) is 0 Å². The van der Waals surface area contributed by atoms with E-state index >= 15 is 0 Å². The van der Waals surface area contributed by atoms with Crippen LogP contribution < -0.4 is 5.32 Å². The largest absolute Gasteiger partial charge is 0.310 e. The molecule has 0 radical (unpaired) electrons. The van der Waals surface area contributed by atoms with Crippen LogP contribution in [0.3, 0.4) is 0 Å². The van der Waals surface area contributed by atoms with Gasteiger partial charge in [0.15, 0.2) is 0 Å². The van der Waals surface area contributed by atoms with Crippen LogP contribution in [0.1, 0.15) is 43.4 Å². The summed E-state index contributed by atoms with van der Waals surface area (Å²) in [7, 11) is 0. The van der Waals surface area contributed by atoms with E-state index in [0.717, 1.165) is 18.5 Å². The molecule has 0 amide bonds. The molecule has 0 aromatic heterocycles. The van der Waals surface area contributed by atoms with Crippen molar-refractivity contribution in [3.63, 3.8) is 0 Å². The molecule has 1 unspecified atom stereocenters. The summed E-state index contributed by atoms with van der Waals surface area (Å²) in [5.74, 6) is 1.22. The van der Waals surface area contributed by atoms with Crippen LogP contribution in [-0.2, 0) is 0 Å². The number of hydrogen-bond donors (Lipinski definition) is 1. The number of aryl methyl sites for hydroxylation is 1. The van der Waals surface area contributed by atoms with E-state index in [4.69, 9.17) is 0 Å². The van der Waals surface area contributed by atoms with Gasteiger partial charge in [-0.1, -0.05) is 18.6 Å². The molecule has 112 valence electrons. The minimum Gasteiger partial charge on any atom is -0.310 e. The van der Waals surface area contributed by atoms with Crippen molar-refractivity contribution < 1.29 is 4.92 Å². The van der Waals surface area contributed by atoms with Crippen molar-refractivity contribution in [2.75, 3.05) is 18.6 Å². The summed E-state index contributed by atoms with van der Waals surface area (Å²) in [6.45, 7) is 4.78. The zero-order chi connectivity index (χ0) is 15.0. The number of thioether (sulfide) groups is 1. The average molecular weight is 296 g/mol. The third-order valence-corrected chi connectivity index (χ3v) is 4.10. The Bertz CT molecular complexity index is 438. The van der Waals surface area contributed by atoms with Gasteiger partial charge < -0.3 is 5.32 Å². The minimum absolute atomic E-state index is 0.148. The summed E-state index contributed by atoms with van der Waals surface area (Å²) in [5, 5.41) is 14.4. The summed E-state index contributed by atoms with van der Waals surface area (Å²) in [6, 6.07) is 5.62. The highest BCUT2D eigenvalue weighted by Crippen LogP contribution is 2.23. The number of hydrogen-bond acceptors (Lipinski definition) is 4. The van der Waals surface area contributed by atoms with Gasteiger partial charge in [-0.25, -0.2) is 0 Å². The van der Waals surface area contributed by atoms with Gasteiger partial charge in [-0.2, -0.15) is 11.8 Å². The number of benzene rings is 1. The minimum atomic E-state index is -0.312. The first kappa shape index (κ1) is 17.0. The molecule has 4 nitrogen and oxygen atoms in total. The maximum absolute atomic E-state index is 10.9. The van der Waals surface area contributed by atoms with Crippen molar-refractivity contribution in [2.24, 2.45) is 0 Å². The Morgan fingerprint density at radius 3 is 2.75 bits per heavy atom. The van der Waals surface area contributed by atoms with Crippen molar-refractivity contribution in [3.8, 4) is 0 Å². The molecule has 1 aromatic rings. The van der Waals surface area contributed by atoms with Gasteiger partial charge in [0, 0.05) is 17.7 Å². The van der Waals surface area contributed by atoms with Crippen LogP contribution in [0.5, 0.6) is 0 Å². The fourth-order valence-corrected chi connectivity index (χ4v) is 2.57. The number of nitrogens with one attached hydrogen (secondary N) is 1. The van der Waals surface area contributed by atoms with Gasteiger partial charge in [-0.15, -0.1) is 0 Å². The lowest BCUT2D eigenvalue weighted by Crippen LogP contribution is -2.20. The van der Waals surface area contributed by atoms with Gasteiger partial charge in [0.25, 0.3) is 5.69 Å². The lowest BCUT2D eigenvalue weighted by atomic mass is 10.0. The highest BCUT2D eigenvalue weighted by molar-refractivity contribution is 7.98. The topological polar surface area (TPSA) is 55.2 Å². The molecule has 0 aliphatic rings. The molecule has 1 atom stereocenters. The second-order valence-electron chi connectivity index (χ2n) is 5.03. The molecule has 1 aromatic carbocycles. The number of nitrogens with zero attached hydrogens (tertiary/aromatic N) is 1. The molecule has 0 aliphatic carbocycles. The first-order chi connectivity index (χ1) is 9.56. The summed E-state index contributed by atoms with van der Waals surface area (Å²) >= 11 is 1.88. The predicted molar refractivity (Wildman–Crippen MR) is 86.5 cm³/mol. The molecule has 0 saturated heterocycles. The molecule has 5 heteroatoms. The highest BCUT2D eigenvalue weighted by atomic mass is 32.2. The first-order valence-electron chi connectivity index (χ1n) is 7.03. The van der Waals surface area contributed by atoms with Crippen molar-refractivity contribution in [3.05, 3.63) is 39.4 Å². The van der Waals surface area contributed by atoms with E-state index in [2.05, 4.69) is 18.5 Å². The van der Waals surface area contributed by atoms with Gasteiger partial charge >= 0.3 is 0 Å². The van der Waals surface area contributed by atoms with E-state index in [9.17, 15) is 10.1 Å². The summed E-state index contributed by atoms with van der Waals surface area (Å²) in [6.07, 6.45) is 5.77. The lowest BCUT2D eigenvalue weighted by molar-refractivity contribution is -0.385. The van der Waals surface area contributed by atoms with Crippen LogP contribution in [0, 0.1) is 17.0 Å². The second-order valence-corrected chi connectivity index (χ2v) is 6.02. The zero-order valence-corrected chi connectivity index (χ0v) is 13.3. The van der Waals surface area contributed by atoms with E-state index in [1.165, 1.54) is 18.6 Å². The summed E-state index contributed by atoms with van der Waals surface area (Å²) in [5.41, 5.74) is 1.89. The lowest BCUT2D eigenvalue weighted by Gasteiger charge is -2.14. The SMILES string of the molecule is CSCCCCCNC(C)c1ccc(C)c([N+](=O)[O-])c1. The molecular formula is C15H24N2O2S. The van der Waals surface area contributed by atoms with Crippen LogP contribution in [0.15, 0.2) is 18.2 Å². The van der Waals surface area contributed by atoms with Gasteiger partial charge in [-0.05, 0) is 50.8 Å². The molecule has 0 heterocycles.